The zero-order valence-corrected chi connectivity index (χ0v) is 13.0. The molecule has 0 saturated carbocycles. The van der Waals surface area contributed by atoms with Gasteiger partial charge in [0.15, 0.2) is 0 Å². The number of anilines is 1. The monoisotopic (exact) mass is 332 g/mol. The number of nitro groups is 1. The second-order valence-corrected chi connectivity index (χ2v) is 4.91. The summed E-state index contributed by atoms with van der Waals surface area (Å²) in [5.41, 5.74) is 0.562. The Balaban J connectivity index is 1.87. The largest absolute Gasteiger partial charge is 0.465 e. The van der Waals surface area contributed by atoms with Crippen LogP contribution in [0.2, 0.25) is 0 Å². The van der Waals surface area contributed by atoms with Crippen molar-refractivity contribution in [1.29, 1.82) is 0 Å². The molecule has 0 aliphatic heterocycles. The number of para-hydroxylation sites is 1. The Kier molecular flexibility index (Phi) is 5.61. The molecule has 9 heteroatoms. The first kappa shape index (κ1) is 17.1. The standard InChI is InChI=1S/C15H16N4O5/c1-24-15(21)12-5-2-3-6-13(12)17-14(20)7-4-8-18-10-11(9-16-18)19(22)23/h2-3,5-6,9-10H,4,7-8H2,1H3,(H,17,20). The van der Waals surface area contributed by atoms with Gasteiger partial charge in [0, 0.05) is 13.0 Å². The van der Waals surface area contributed by atoms with E-state index in [-0.39, 0.29) is 23.6 Å². The van der Waals surface area contributed by atoms with Crippen molar-refractivity contribution in [3.05, 3.63) is 52.3 Å². The van der Waals surface area contributed by atoms with Crippen LogP contribution in [0.1, 0.15) is 23.2 Å². The molecule has 0 fully saturated rings. The predicted octanol–water partition coefficient (Wildman–Crippen LogP) is 2.00. The summed E-state index contributed by atoms with van der Waals surface area (Å²) in [4.78, 5) is 33.6. The zero-order chi connectivity index (χ0) is 17.5. The maximum absolute atomic E-state index is 12.0. The SMILES string of the molecule is COC(=O)c1ccccc1NC(=O)CCCn1cc([N+](=O)[O-])cn1. The van der Waals surface area contributed by atoms with Gasteiger partial charge in [0.1, 0.15) is 12.4 Å². The fourth-order valence-electron chi connectivity index (χ4n) is 2.06. The molecule has 1 N–H and O–H groups in total. The molecular formula is C15H16N4O5. The van der Waals surface area contributed by atoms with E-state index in [2.05, 4.69) is 15.2 Å². The highest BCUT2D eigenvalue weighted by Gasteiger charge is 2.13. The van der Waals surface area contributed by atoms with Crippen molar-refractivity contribution >= 4 is 23.3 Å². The summed E-state index contributed by atoms with van der Waals surface area (Å²) in [5.74, 6) is -0.803. The first-order chi connectivity index (χ1) is 11.5. The van der Waals surface area contributed by atoms with Crippen LogP contribution < -0.4 is 5.32 Å². The molecule has 0 aliphatic carbocycles. The Labute approximate surface area is 137 Å². The van der Waals surface area contributed by atoms with Gasteiger partial charge in [0.05, 0.1) is 23.3 Å². The van der Waals surface area contributed by atoms with Gasteiger partial charge in [-0.3, -0.25) is 19.6 Å². The molecular weight excluding hydrogens is 316 g/mol. The average Bonchev–Trinajstić information content (AvgIpc) is 3.04. The summed E-state index contributed by atoms with van der Waals surface area (Å²) in [6, 6.07) is 6.54. The minimum Gasteiger partial charge on any atom is -0.465 e. The van der Waals surface area contributed by atoms with Crippen molar-refractivity contribution in [2.24, 2.45) is 0 Å². The first-order valence-corrected chi connectivity index (χ1v) is 7.15. The quantitative estimate of drug-likeness (QED) is 0.471. The molecule has 126 valence electrons. The molecule has 0 atom stereocenters. The van der Waals surface area contributed by atoms with E-state index in [1.165, 1.54) is 18.0 Å². The van der Waals surface area contributed by atoms with E-state index >= 15 is 0 Å². The van der Waals surface area contributed by atoms with E-state index < -0.39 is 10.9 Å². The fourth-order valence-corrected chi connectivity index (χ4v) is 2.06. The van der Waals surface area contributed by atoms with Gasteiger partial charge in [-0.15, -0.1) is 0 Å². The lowest BCUT2D eigenvalue weighted by atomic mass is 10.1. The van der Waals surface area contributed by atoms with Gasteiger partial charge in [-0.05, 0) is 18.6 Å². The number of methoxy groups -OCH3 is 1. The zero-order valence-electron chi connectivity index (χ0n) is 13.0. The molecule has 0 saturated heterocycles. The minimum atomic E-state index is -0.533. The lowest BCUT2D eigenvalue weighted by molar-refractivity contribution is -0.385. The summed E-state index contributed by atoms with van der Waals surface area (Å²) >= 11 is 0. The maximum Gasteiger partial charge on any atom is 0.339 e. The van der Waals surface area contributed by atoms with Crippen LogP contribution >= 0.6 is 0 Å². The minimum absolute atomic E-state index is 0.0912. The number of benzene rings is 1. The molecule has 24 heavy (non-hydrogen) atoms. The number of nitrogens with zero attached hydrogens (tertiary/aromatic N) is 3. The van der Waals surface area contributed by atoms with E-state index in [0.29, 0.717) is 18.7 Å². The van der Waals surface area contributed by atoms with E-state index in [4.69, 9.17) is 0 Å². The molecule has 1 heterocycles. The smallest absolute Gasteiger partial charge is 0.339 e. The molecule has 2 rings (SSSR count). The second kappa shape index (κ2) is 7.86. The molecule has 0 spiro atoms. The summed E-state index contributed by atoms with van der Waals surface area (Å²) < 4.78 is 6.07. The van der Waals surface area contributed by atoms with Crippen molar-refractivity contribution in [3.8, 4) is 0 Å². The van der Waals surface area contributed by atoms with Crippen molar-refractivity contribution in [1.82, 2.24) is 9.78 Å². The van der Waals surface area contributed by atoms with Crippen molar-refractivity contribution in [2.75, 3.05) is 12.4 Å². The Morgan fingerprint density at radius 3 is 2.79 bits per heavy atom. The summed E-state index contributed by atoms with van der Waals surface area (Å²) in [6.07, 6.45) is 3.10. The molecule has 9 nitrogen and oxygen atoms in total. The summed E-state index contributed by atoms with van der Waals surface area (Å²) in [6.45, 7) is 0.375. The van der Waals surface area contributed by atoms with Crippen molar-refractivity contribution < 1.29 is 19.2 Å². The van der Waals surface area contributed by atoms with Gasteiger partial charge >= 0.3 is 11.7 Å². The third-order valence-corrected chi connectivity index (χ3v) is 3.23. The molecule has 0 unspecified atom stereocenters. The number of hydrogen-bond donors (Lipinski definition) is 1. The van der Waals surface area contributed by atoms with Crippen LogP contribution in [0.4, 0.5) is 11.4 Å². The summed E-state index contributed by atoms with van der Waals surface area (Å²) in [5, 5.41) is 17.1. The number of nitrogens with one attached hydrogen (secondary N) is 1. The van der Waals surface area contributed by atoms with Crippen LogP contribution in [0.5, 0.6) is 0 Å². The third kappa shape index (κ3) is 4.38. The van der Waals surface area contributed by atoms with Gasteiger partial charge < -0.3 is 10.1 Å². The van der Waals surface area contributed by atoms with Gasteiger partial charge in [-0.2, -0.15) is 5.10 Å². The number of rotatable bonds is 7. The van der Waals surface area contributed by atoms with Crippen molar-refractivity contribution in [2.45, 2.75) is 19.4 Å². The number of hydrogen-bond acceptors (Lipinski definition) is 6. The number of carbonyl (C=O) groups is 2. The molecule has 1 aromatic heterocycles. The molecule has 0 aliphatic rings. The Morgan fingerprint density at radius 1 is 1.38 bits per heavy atom. The van der Waals surface area contributed by atoms with E-state index in [0.717, 1.165) is 6.20 Å². The van der Waals surface area contributed by atoms with E-state index in [9.17, 15) is 19.7 Å². The average molecular weight is 332 g/mol. The number of aryl methyl sites for hydroxylation is 1. The highest BCUT2D eigenvalue weighted by molar-refractivity contribution is 6.01. The predicted molar refractivity (Wildman–Crippen MR) is 84.5 cm³/mol. The first-order valence-electron chi connectivity index (χ1n) is 7.15. The number of ether oxygens (including phenoxy) is 1. The van der Waals surface area contributed by atoms with Crippen LogP contribution in [0.15, 0.2) is 36.7 Å². The highest BCUT2D eigenvalue weighted by atomic mass is 16.6. The number of aromatic nitrogens is 2. The molecule has 0 bridgehead atoms. The Hall–Kier alpha value is -3.23. The third-order valence-electron chi connectivity index (χ3n) is 3.23. The van der Waals surface area contributed by atoms with Crippen molar-refractivity contribution in [3.63, 3.8) is 0 Å². The summed E-state index contributed by atoms with van der Waals surface area (Å²) in [7, 11) is 1.27. The van der Waals surface area contributed by atoms with E-state index in [1.807, 2.05) is 0 Å². The topological polar surface area (TPSA) is 116 Å². The van der Waals surface area contributed by atoms with E-state index in [1.54, 1.807) is 24.3 Å². The fraction of sp³-hybridized carbons (Fsp3) is 0.267. The van der Waals surface area contributed by atoms with Crippen LogP contribution in [0.25, 0.3) is 0 Å². The number of carbonyl (C=O) groups excluding carboxylic acids is 2. The maximum atomic E-state index is 12.0. The molecule has 1 aromatic carbocycles. The normalized spacial score (nSPS) is 10.2. The van der Waals surface area contributed by atoms with Crippen LogP contribution in [0, 0.1) is 10.1 Å². The molecule has 1 amide bonds. The van der Waals surface area contributed by atoms with Crippen LogP contribution in [-0.2, 0) is 16.1 Å². The molecule has 2 aromatic rings. The lowest BCUT2D eigenvalue weighted by Gasteiger charge is -2.09. The van der Waals surface area contributed by atoms with Crippen LogP contribution in [-0.4, -0.2) is 33.7 Å². The Bertz CT molecular complexity index is 756. The molecule has 0 radical (unpaired) electrons. The van der Waals surface area contributed by atoms with Gasteiger partial charge in [-0.1, -0.05) is 12.1 Å². The number of esters is 1. The lowest BCUT2D eigenvalue weighted by Crippen LogP contribution is -2.15. The highest BCUT2D eigenvalue weighted by Crippen LogP contribution is 2.16. The second-order valence-electron chi connectivity index (χ2n) is 4.91. The van der Waals surface area contributed by atoms with Gasteiger partial charge in [0.2, 0.25) is 5.91 Å². The van der Waals surface area contributed by atoms with Crippen LogP contribution in [0.3, 0.4) is 0 Å². The van der Waals surface area contributed by atoms with Gasteiger partial charge in [0.25, 0.3) is 0 Å². The Morgan fingerprint density at radius 2 is 2.12 bits per heavy atom. The van der Waals surface area contributed by atoms with Gasteiger partial charge in [-0.25, -0.2) is 4.79 Å². The number of amides is 1.